The first-order valence-corrected chi connectivity index (χ1v) is 10.8. The summed E-state index contributed by atoms with van der Waals surface area (Å²) in [7, 11) is 1.70. The van der Waals surface area contributed by atoms with E-state index < -0.39 is 0 Å². The molecule has 3 rings (SSSR count). The van der Waals surface area contributed by atoms with Crippen LogP contribution in [0.3, 0.4) is 0 Å². The van der Waals surface area contributed by atoms with Crippen LogP contribution in [0.15, 0.2) is 47.6 Å². The molecule has 2 aromatic rings. The summed E-state index contributed by atoms with van der Waals surface area (Å²) in [4.78, 5) is 11.4. The molecule has 1 aromatic carbocycles. The van der Waals surface area contributed by atoms with Crippen molar-refractivity contribution in [2.45, 2.75) is 25.9 Å². The van der Waals surface area contributed by atoms with Crippen molar-refractivity contribution in [3.8, 4) is 0 Å². The third kappa shape index (κ3) is 8.01. The Morgan fingerprint density at radius 3 is 2.81 bits per heavy atom. The Balaban J connectivity index is 0.00000341. The summed E-state index contributed by atoms with van der Waals surface area (Å²) < 4.78 is 5.06. The molecular formula is C22H32ClIN6O. The summed E-state index contributed by atoms with van der Waals surface area (Å²) in [6.45, 7) is 6.77. The first-order valence-electron chi connectivity index (χ1n) is 10.4. The summed E-state index contributed by atoms with van der Waals surface area (Å²) in [5, 5.41) is 10.9. The molecule has 0 saturated carbocycles. The number of aromatic nitrogens is 1. The lowest BCUT2D eigenvalue weighted by molar-refractivity contribution is 0.211. The molecule has 0 radical (unpaired) electrons. The SMILES string of the molecule is CCNC(=NCc1ccc(NCCOC)cc1)NC1CCN(c2ncccc2Cl)C1.I. The molecule has 2 heterocycles. The molecular weight excluding hydrogens is 527 g/mol. The average Bonchev–Trinajstić information content (AvgIpc) is 3.22. The van der Waals surface area contributed by atoms with Gasteiger partial charge in [0.15, 0.2) is 5.96 Å². The van der Waals surface area contributed by atoms with Crippen LogP contribution >= 0.6 is 35.6 Å². The van der Waals surface area contributed by atoms with Crippen molar-refractivity contribution >= 4 is 53.0 Å². The van der Waals surface area contributed by atoms with E-state index in [1.165, 1.54) is 0 Å². The van der Waals surface area contributed by atoms with Gasteiger partial charge in [-0.2, -0.15) is 0 Å². The molecule has 1 saturated heterocycles. The molecule has 1 unspecified atom stereocenters. The Morgan fingerprint density at radius 1 is 1.29 bits per heavy atom. The lowest BCUT2D eigenvalue weighted by Crippen LogP contribution is -2.44. The highest BCUT2D eigenvalue weighted by molar-refractivity contribution is 14.0. The topological polar surface area (TPSA) is 73.8 Å². The number of halogens is 2. The van der Waals surface area contributed by atoms with Crippen LogP contribution in [-0.4, -0.2) is 56.9 Å². The molecule has 7 nitrogen and oxygen atoms in total. The van der Waals surface area contributed by atoms with E-state index in [1.54, 1.807) is 13.3 Å². The molecule has 1 aliphatic heterocycles. The van der Waals surface area contributed by atoms with E-state index in [4.69, 9.17) is 21.3 Å². The standard InChI is InChI=1S/C22H31ClN6O.HI/c1-3-24-22(27-15-17-6-8-18(9-7-17)25-12-14-30-2)28-19-10-13-29(16-19)21-20(23)5-4-11-26-21;/h4-9,11,19,25H,3,10,12-16H2,1-2H3,(H2,24,27,28);1H. The second-order valence-electron chi connectivity index (χ2n) is 7.20. The number of hydrogen-bond donors (Lipinski definition) is 3. The summed E-state index contributed by atoms with van der Waals surface area (Å²) in [5.41, 5.74) is 2.25. The van der Waals surface area contributed by atoms with Crippen LogP contribution in [0.5, 0.6) is 0 Å². The van der Waals surface area contributed by atoms with Crippen LogP contribution in [0, 0.1) is 0 Å². The minimum Gasteiger partial charge on any atom is -0.383 e. The van der Waals surface area contributed by atoms with Gasteiger partial charge in [-0.1, -0.05) is 23.7 Å². The zero-order chi connectivity index (χ0) is 21.2. The molecule has 0 aliphatic carbocycles. The number of nitrogens with zero attached hydrogens (tertiary/aromatic N) is 3. The van der Waals surface area contributed by atoms with E-state index in [2.05, 4.69) is 57.0 Å². The third-order valence-corrected chi connectivity index (χ3v) is 5.22. The number of hydrogen-bond acceptors (Lipinski definition) is 5. The summed E-state index contributed by atoms with van der Waals surface area (Å²) in [5.74, 6) is 1.68. The quantitative estimate of drug-likeness (QED) is 0.188. The van der Waals surface area contributed by atoms with Crippen molar-refractivity contribution in [2.75, 3.05) is 50.1 Å². The largest absolute Gasteiger partial charge is 0.383 e. The molecule has 0 spiro atoms. The molecule has 1 aliphatic rings. The van der Waals surface area contributed by atoms with E-state index in [0.29, 0.717) is 24.2 Å². The zero-order valence-corrected chi connectivity index (χ0v) is 21.2. The van der Waals surface area contributed by atoms with Crippen molar-refractivity contribution < 1.29 is 4.74 Å². The first-order chi connectivity index (χ1) is 14.7. The number of benzene rings is 1. The van der Waals surface area contributed by atoms with E-state index >= 15 is 0 Å². The number of anilines is 2. The van der Waals surface area contributed by atoms with Crippen molar-refractivity contribution in [3.05, 3.63) is 53.2 Å². The lowest BCUT2D eigenvalue weighted by atomic mass is 10.2. The van der Waals surface area contributed by atoms with Crippen molar-refractivity contribution in [1.29, 1.82) is 0 Å². The smallest absolute Gasteiger partial charge is 0.191 e. The molecule has 0 amide bonds. The van der Waals surface area contributed by atoms with Gasteiger partial charge in [0.05, 0.1) is 18.2 Å². The normalized spacial score (nSPS) is 16.0. The summed E-state index contributed by atoms with van der Waals surface area (Å²) in [6, 6.07) is 12.4. The second kappa shape index (κ2) is 13.6. The number of guanidine groups is 1. The number of aliphatic imine (C=N–C) groups is 1. The Bertz CT molecular complexity index is 820. The maximum absolute atomic E-state index is 6.30. The zero-order valence-electron chi connectivity index (χ0n) is 18.1. The van der Waals surface area contributed by atoms with Gasteiger partial charge in [0.2, 0.25) is 0 Å². The van der Waals surface area contributed by atoms with Crippen molar-refractivity contribution in [3.63, 3.8) is 0 Å². The van der Waals surface area contributed by atoms with Gasteiger partial charge in [-0.15, -0.1) is 24.0 Å². The molecule has 3 N–H and O–H groups in total. The van der Waals surface area contributed by atoms with Gasteiger partial charge >= 0.3 is 0 Å². The highest BCUT2D eigenvalue weighted by Crippen LogP contribution is 2.25. The molecule has 1 fully saturated rings. The molecule has 1 aromatic heterocycles. The predicted molar refractivity (Wildman–Crippen MR) is 140 cm³/mol. The van der Waals surface area contributed by atoms with Crippen molar-refractivity contribution in [1.82, 2.24) is 15.6 Å². The average molecular weight is 559 g/mol. The molecule has 1 atom stereocenters. The monoisotopic (exact) mass is 558 g/mol. The minimum atomic E-state index is 0. The fourth-order valence-electron chi connectivity index (χ4n) is 3.39. The third-order valence-electron chi connectivity index (χ3n) is 4.92. The first kappa shape index (κ1) is 25.5. The van der Waals surface area contributed by atoms with Gasteiger partial charge in [0.1, 0.15) is 5.82 Å². The number of ether oxygens (including phenoxy) is 1. The van der Waals surface area contributed by atoms with Gasteiger partial charge < -0.3 is 25.6 Å². The maximum atomic E-state index is 6.30. The Labute approximate surface area is 207 Å². The van der Waals surface area contributed by atoms with Gasteiger partial charge in [-0.05, 0) is 43.2 Å². The molecule has 9 heteroatoms. The van der Waals surface area contributed by atoms with Gasteiger partial charge in [-0.3, -0.25) is 0 Å². The van der Waals surface area contributed by atoms with E-state index in [-0.39, 0.29) is 24.0 Å². The van der Waals surface area contributed by atoms with Crippen LogP contribution in [0.1, 0.15) is 18.9 Å². The fourth-order valence-corrected chi connectivity index (χ4v) is 3.63. The van der Waals surface area contributed by atoms with Crippen LogP contribution < -0.4 is 20.9 Å². The predicted octanol–water partition coefficient (Wildman–Crippen LogP) is 3.75. The van der Waals surface area contributed by atoms with Gasteiger partial charge in [0, 0.05) is 51.2 Å². The highest BCUT2D eigenvalue weighted by atomic mass is 127. The maximum Gasteiger partial charge on any atom is 0.191 e. The van der Waals surface area contributed by atoms with Crippen LogP contribution in [-0.2, 0) is 11.3 Å². The molecule has 0 bridgehead atoms. The van der Waals surface area contributed by atoms with E-state index in [0.717, 1.165) is 55.6 Å². The summed E-state index contributed by atoms with van der Waals surface area (Å²) in [6.07, 6.45) is 2.80. The Kier molecular flexibility index (Phi) is 11.2. The highest BCUT2D eigenvalue weighted by Gasteiger charge is 2.25. The molecule has 31 heavy (non-hydrogen) atoms. The van der Waals surface area contributed by atoms with Gasteiger partial charge in [-0.25, -0.2) is 9.98 Å². The number of rotatable bonds is 9. The van der Waals surface area contributed by atoms with Crippen molar-refractivity contribution in [2.24, 2.45) is 4.99 Å². The Morgan fingerprint density at radius 2 is 2.10 bits per heavy atom. The second-order valence-corrected chi connectivity index (χ2v) is 7.60. The van der Waals surface area contributed by atoms with Crippen LogP contribution in [0.4, 0.5) is 11.5 Å². The van der Waals surface area contributed by atoms with Crippen LogP contribution in [0.2, 0.25) is 5.02 Å². The minimum absolute atomic E-state index is 0. The fraction of sp³-hybridized carbons (Fsp3) is 0.455. The van der Waals surface area contributed by atoms with Gasteiger partial charge in [0.25, 0.3) is 0 Å². The Hall–Kier alpha value is -1.78. The number of methoxy groups -OCH3 is 1. The summed E-state index contributed by atoms with van der Waals surface area (Å²) >= 11 is 6.30. The number of nitrogens with one attached hydrogen (secondary N) is 3. The van der Waals surface area contributed by atoms with Crippen LogP contribution in [0.25, 0.3) is 0 Å². The van der Waals surface area contributed by atoms with E-state index in [9.17, 15) is 0 Å². The molecule has 170 valence electrons. The lowest BCUT2D eigenvalue weighted by Gasteiger charge is -2.20. The number of pyridine rings is 1. The van der Waals surface area contributed by atoms with E-state index in [1.807, 2.05) is 12.1 Å².